The number of halogens is 1. The first-order valence-corrected chi connectivity index (χ1v) is 11.6. The summed E-state index contributed by atoms with van der Waals surface area (Å²) in [7, 11) is -6.99. The average Bonchev–Trinajstić information content (AvgIpc) is 3.17. The molecule has 1 saturated heterocycles. The molecule has 0 radical (unpaired) electrons. The molecule has 0 spiro atoms. The van der Waals surface area contributed by atoms with Gasteiger partial charge in [0.05, 0.1) is 28.1 Å². The molecule has 126 valence electrons. The summed E-state index contributed by atoms with van der Waals surface area (Å²) in [6.07, 6.45) is 1.77. The molecule has 0 bridgehead atoms. The van der Waals surface area contributed by atoms with Crippen LogP contribution in [0.1, 0.15) is 12.2 Å². The molecule has 1 atom stereocenters. The van der Waals surface area contributed by atoms with E-state index >= 15 is 0 Å². The number of sulfonamides is 1. The molecule has 1 aliphatic rings. The van der Waals surface area contributed by atoms with Gasteiger partial charge in [-0.3, -0.25) is 0 Å². The first kappa shape index (κ1) is 17.2. The Balaban J connectivity index is 1.97. The van der Waals surface area contributed by atoms with E-state index in [1.165, 1.54) is 16.6 Å². The Morgan fingerprint density at radius 2 is 2.13 bits per heavy atom. The number of hydrogen-bond donors (Lipinski definition) is 0. The molecule has 0 saturated carbocycles. The van der Waals surface area contributed by atoms with E-state index in [1.54, 1.807) is 18.2 Å². The van der Waals surface area contributed by atoms with E-state index in [-0.39, 0.29) is 22.3 Å². The highest BCUT2D eigenvalue weighted by molar-refractivity contribution is 9.11. The molecule has 0 amide bonds. The Morgan fingerprint density at radius 1 is 1.35 bits per heavy atom. The topological polar surface area (TPSA) is 84.7 Å². The van der Waals surface area contributed by atoms with E-state index < -0.39 is 25.9 Å². The summed E-state index contributed by atoms with van der Waals surface area (Å²) in [5.74, 6) is 0.337. The lowest BCUT2D eigenvalue weighted by molar-refractivity contribution is 0.307. The summed E-state index contributed by atoms with van der Waals surface area (Å²) in [6, 6.07) is 5.95. The molecule has 0 aliphatic carbocycles. The van der Waals surface area contributed by atoms with Crippen LogP contribution in [0.4, 0.5) is 0 Å². The van der Waals surface area contributed by atoms with Crippen LogP contribution in [0.3, 0.4) is 0 Å². The van der Waals surface area contributed by atoms with Crippen LogP contribution < -0.4 is 0 Å². The molecule has 3 rings (SSSR count). The van der Waals surface area contributed by atoms with Gasteiger partial charge in [0.1, 0.15) is 9.97 Å². The van der Waals surface area contributed by atoms with Crippen molar-refractivity contribution in [3.8, 4) is 0 Å². The second-order valence-electron chi connectivity index (χ2n) is 5.25. The van der Waals surface area contributed by atoms with Gasteiger partial charge in [-0.2, -0.15) is 4.31 Å². The minimum atomic E-state index is -3.79. The lowest BCUT2D eigenvalue weighted by atomic mass is 10.2. The summed E-state index contributed by atoms with van der Waals surface area (Å²) in [4.78, 5) is 0. The molecule has 23 heavy (non-hydrogen) atoms. The van der Waals surface area contributed by atoms with E-state index in [0.29, 0.717) is 16.0 Å². The Kier molecular flexibility index (Phi) is 4.71. The number of nitrogens with zero attached hydrogens (tertiary/aromatic N) is 1. The fraction of sp³-hybridized carbons (Fsp3) is 0.385. The van der Waals surface area contributed by atoms with Crippen LogP contribution >= 0.6 is 27.3 Å². The first-order valence-electron chi connectivity index (χ1n) is 6.78. The van der Waals surface area contributed by atoms with Gasteiger partial charge in [0, 0.05) is 6.04 Å². The number of rotatable bonds is 5. The highest BCUT2D eigenvalue weighted by Crippen LogP contribution is 2.32. The lowest BCUT2D eigenvalue weighted by Crippen LogP contribution is -2.40. The van der Waals surface area contributed by atoms with Crippen molar-refractivity contribution in [2.75, 3.05) is 11.5 Å². The maximum atomic E-state index is 12.9. The monoisotopic (exact) mass is 439 g/mol. The molecule has 3 heterocycles. The smallest absolute Gasteiger partial charge is 0.253 e. The van der Waals surface area contributed by atoms with Crippen LogP contribution in [0.15, 0.2) is 42.9 Å². The van der Waals surface area contributed by atoms with Crippen molar-refractivity contribution in [2.24, 2.45) is 0 Å². The van der Waals surface area contributed by atoms with E-state index in [0.717, 1.165) is 11.3 Å². The third-order valence-corrected chi connectivity index (χ3v) is 9.36. The quantitative estimate of drug-likeness (QED) is 0.713. The van der Waals surface area contributed by atoms with Gasteiger partial charge in [0.2, 0.25) is 0 Å². The molecule has 2 aromatic heterocycles. The Morgan fingerprint density at radius 3 is 2.65 bits per heavy atom. The Bertz CT molecular complexity index is 886. The third kappa shape index (κ3) is 3.71. The first-order chi connectivity index (χ1) is 10.8. The largest absolute Gasteiger partial charge is 0.468 e. The summed E-state index contributed by atoms with van der Waals surface area (Å²) < 4.78 is 56.8. The van der Waals surface area contributed by atoms with Crippen LogP contribution in [0.2, 0.25) is 0 Å². The molecule has 0 aromatic carbocycles. The third-order valence-electron chi connectivity index (χ3n) is 3.62. The van der Waals surface area contributed by atoms with Gasteiger partial charge in [-0.05, 0) is 46.6 Å². The predicted molar refractivity (Wildman–Crippen MR) is 90.5 cm³/mol. The molecule has 6 nitrogen and oxygen atoms in total. The zero-order valence-corrected chi connectivity index (χ0v) is 15.9. The average molecular weight is 440 g/mol. The van der Waals surface area contributed by atoms with Crippen molar-refractivity contribution in [3.05, 3.63) is 40.1 Å². The molecule has 0 N–H and O–H groups in total. The van der Waals surface area contributed by atoms with E-state index in [4.69, 9.17) is 4.42 Å². The van der Waals surface area contributed by atoms with Gasteiger partial charge in [-0.1, -0.05) is 0 Å². The number of hydrogen-bond acceptors (Lipinski definition) is 6. The van der Waals surface area contributed by atoms with Gasteiger partial charge < -0.3 is 4.42 Å². The van der Waals surface area contributed by atoms with Crippen LogP contribution in [0.25, 0.3) is 0 Å². The summed E-state index contributed by atoms with van der Waals surface area (Å²) in [5.41, 5.74) is 0. The normalized spacial score (nSPS) is 21.0. The van der Waals surface area contributed by atoms with Crippen molar-refractivity contribution in [1.29, 1.82) is 0 Å². The Labute approximate surface area is 147 Å². The van der Waals surface area contributed by atoms with Gasteiger partial charge in [-0.15, -0.1) is 11.3 Å². The van der Waals surface area contributed by atoms with Crippen LogP contribution in [-0.4, -0.2) is 38.7 Å². The molecule has 2 aromatic rings. The molecule has 1 aliphatic heterocycles. The standard InChI is InChI=1S/C13H14BrNO5S3/c14-12-3-4-13(21-12)23(18,19)15(8-11-2-1-6-20-11)10-5-7-22(16,17)9-10/h1-4,6,10H,5,7-9H2. The second kappa shape index (κ2) is 6.32. The van der Waals surface area contributed by atoms with Gasteiger partial charge in [0.15, 0.2) is 9.84 Å². The van der Waals surface area contributed by atoms with Gasteiger partial charge in [0.25, 0.3) is 10.0 Å². The van der Waals surface area contributed by atoms with Crippen molar-refractivity contribution < 1.29 is 21.3 Å². The summed E-state index contributed by atoms with van der Waals surface area (Å²) >= 11 is 4.36. The second-order valence-corrected chi connectivity index (χ2v) is 12.1. The fourth-order valence-electron chi connectivity index (χ4n) is 2.52. The maximum absolute atomic E-state index is 12.9. The van der Waals surface area contributed by atoms with Crippen molar-refractivity contribution in [3.63, 3.8) is 0 Å². The maximum Gasteiger partial charge on any atom is 0.253 e. The molecule has 1 fully saturated rings. The number of thiophene rings is 1. The molecule has 10 heteroatoms. The minimum Gasteiger partial charge on any atom is -0.468 e. The summed E-state index contributed by atoms with van der Waals surface area (Å²) in [5, 5.41) is 0. The van der Waals surface area contributed by atoms with Crippen molar-refractivity contribution in [1.82, 2.24) is 4.31 Å². The van der Waals surface area contributed by atoms with Crippen LogP contribution in [0.5, 0.6) is 0 Å². The van der Waals surface area contributed by atoms with E-state index in [9.17, 15) is 16.8 Å². The molecular weight excluding hydrogens is 426 g/mol. The summed E-state index contributed by atoms with van der Waals surface area (Å²) in [6.45, 7) is 0.0189. The van der Waals surface area contributed by atoms with Crippen molar-refractivity contribution in [2.45, 2.75) is 23.2 Å². The molecule has 1 unspecified atom stereocenters. The zero-order chi connectivity index (χ0) is 16.7. The Hall–Kier alpha value is -0.680. The predicted octanol–water partition coefficient (Wildman–Crippen LogP) is 2.48. The highest BCUT2D eigenvalue weighted by atomic mass is 79.9. The van der Waals surface area contributed by atoms with Crippen LogP contribution in [0, 0.1) is 0 Å². The van der Waals surface area contributed by atoms with Crippen molar-refractivity contribution >= 4 is 47.1 Å². The SMILES string of the molecule is O=S1(=O)CCC(N(Cc2ccco2)S(=O)(=O)c2ccc(Br)s2)C1. The van der Waals surface area contributed by atoms with E-state index in [2.05, 4.69) is 15.9 Å². The molecular formula is C13H14BrNO5S3. The highest BCUT2D eigenvalue weighted by Gasteiger charge is 2.39. The fourth-order valence-corrected chi connectivity index (χ4v) is 8.11. The zero-order valence-electron chi connectivity index (χ0n) is 11.9. The lowest BCUT2D eigenvalue weighted by Gasteiger charge is -2.25. The number of furan rings is 1. The van der Waals surface area contributed by atoms with E-state index in [1.807, 2.05) is 0 Å². The number of sulfone groups is 1. The van der Waals surface area contributed by atoms with Gasteiger partial charge in [-0.25, -0.2) is 16.8 Å². The minimum absolute atomic E-state index is 0.00990. The van der Waals surface area contributed by atoms with Crippen LogP contribution in [-0.2, 0) is 26.4 Å². The van der Waals surface area contributed by atoms with Gasteiger partial charge >= 0.3 is 0 Å².